The quantitative estimate of drug-likeness (QED) is 0.696. The van der Waals surface area contributed by atoms with Gasteiger partial charge in [0, 0.05) is 6.54 Å². The second-order valence-electron chi connectivity index (χ2n) is 6.30. The lowest BCUT2D eigenvalue weighted by Gasteiger charge is -2.42. The maximum Gasteiger partial charge on any atom is 0.248 e. The van der Waals surface area contributed by atoms with Crippen molar-refractivity contribution in [2.75, 3.05) is 6.54 Å². The second-order valence-corrected chi connectivity index (χ2v) is 6.30. The predicted octanol–water partition coefficient (Wildman–Crippen LogP) is 2.86. The molecule has 0 saturated carbocycles. The van der Waals surface area contributed by atoms with Crippen LogP contribution in [0.15, 0.2) is 0 Å². The van der Waals surface area contributed by atoms with Gasteiger partial charge in [-0.25, -0.2) is 0 Å². The zero-order valence-electron chi connectivity index (χ0n) is 13.5. The van der Waals surface area contributed by atoms with Gasteiger partial charge >= 0.3 is 0 Å². The van der Waals surface area contributed by atoms with Gasteiger partial charge in [0.25, 0.3) is 0 Å². The van der Waals surface area contributed by atoms with Crippen molar-refractivity contribution in [3.05, 3.63) is 0 Å². The Morgan fingerprint density at radius 2 is 1.65 bits per heavy atom. The number of piperazine rings is 1. The first-order chi connectivity index (χ1) is 9.44. The molecule has 2 amide bonds. The van der Waals surface area contributed by atoms with Crippen molar-refractivity contribution in [1.29, 1.82) is 0 Å². The van der Waals surface area contributed by atoms with Crippen LogP contribution in [0.1, 0.15) is 72.6 Å². The molecule has 20 heavy (non-hydrogen) atoms. The third-order valence-electron chi connectivity index (χ3n) is 4.05. The Hall–Kier alpha value is -1.06. The van der Waals surface area contributed by atoms with Crippen molar-refractivity contribution in [2.24, 2.45) is 0 Å². The van der Waals surface area contributed by atoms with Crippen molar-refractivity contribution in [1.82, 2.24) is 10.2 Å². The van der Waals surface area contributed by atoms with E-state index in [0.29, 0.717) is 13.0 Å². The van der Waals surface area contributed by atoms with Gasteiger partial charge in [0.2, 0.25) is 11.8 Å². The summed E-state index contributed by atoms with van der Waals surface area (Å²) in [6, 6.07) is -0.286. The molecule has 1 aliphatic rings. The number of amides is 2. The first-order valence-electron chi connectivity index (χ1n) is 8.07. The summed E-state index contributed by atoms with van der Waals surface area (Å²) in [5, 5.41) is 2.82. The van der Waals surface area contributed by atoms with E-state index in [1.54, 1.807) is 18.7 Å². The van der Waals surface area contributed by atoms with Crippen molar-refractivity contribution in [2.45, 2.75) is 84.2 Å². The molecule has 1 N–H and O–H groups in total. The Morgan fingerprint density at radius 3 is 2.25 bits per heavy atom. The van der Waals surface area contributed by atoms with Crippen molar-refractivity contribution >= 4 is 11.8 Å². The summed E-state index contributed by atoms with van der Waals surface area (Å²) in [7, 11) is 0. The molecular weight excluding hydrogens is 252 g/mol. The topological polar surface area (TPSA) is 49.4 Å². The highest BCUT2D eigenvalue weighted by Crippen LogP contribution is 2.20. The van der Waals surface area contributed by atoms with E-state index in [9.17, 15) is 9.59 Å². The lowest BCUT2D eigenvalue weighted by molar-refractivity contribution is -0.153. The first kappa shape index (κ1) is 17.0. The summed E-state index contributed by atoms with van der Waals surface area (Å²) in [5.41, 5.74) is -0.759. The van der Waals surface area contributed by atoms with E-state index >= 15 is 0 Å². The summed E-state index contributed by atoms with van der Waals surface area (Å²) in [6.45, 7) is 8.45. The molecule has 0 bridgehead atoms. The molecule has 0 aromatic rings. The largest absolute Gasteiger partial charge is 0.340 e. The molecule has 4 heteroatoms. The summed E-state index contributed by atoms with van der Waals surface area (Å²) >= 11 is 0. The maximum absolute atomic E-state index is 12.4. The van der Waals surface area contributed by atoms with Gasteiger partial charge in [-0.05, 0) is 26.7 Å². The van der Waals surface area contributed by atoms with Crippen molar-refractivity contribution < 1.29 is 9.59 Å². The Balaban J connectivity index is 2.50. The molecule has 0 aromatic carbocycles. The second kappa shape index (κ2) is 7.65. The molecule has 1 unspecified atom stereocenters. The number of nitrogens with zero attached hydrogens (tertiary/aromatic N) is 1. The highest BCUT2D eigenvalue weighted by atomic mass is 16.2. The normalized spacial score (nSPS) is 22.0. The summed E-state index contributed by atoms with van der Waals surface area (Å²) in [5.74, 6) is 0.0422. The molecule has 1 atom stereocenters. The summed E-state index contributed by atoms with van der Waals surface area (Å²) < 4.78 is 0. The van der Waals surface area contributed by atoms with Crippen LogP contribution in [0.2, 0.25) is 0 Å². The zero-order valence-corrected chi connectivity index (χ0v) is 13.5. The Bertz CT molecular complexity index is 339. The average Bonchev–Trinajstić information content (AvgIpc) is 2.38. The Morgan fingerprint density at radius 1 is 1.05 bits per heavy atom. The molecule has 1 fully saturated rings. The van der Waals surface area contributed by atoms with Crippen LogP contribution >= 0.6 is 0 Å². The fourth-order valence-electron chi connectivity index (χ4n) is 2.81. The first-order valence-corrected chi connectivity index (χ1v) is 8.07. The molecule has 0 aliphatic carbocycles. The number of carbonyl (C=O) groups excluding carboxylic acids is 2. The van der Waals surface area contributed by atoms with E-state index in [1.807, 2.05) is 6.92 Å². The molecule has 1 heterocycles. The third-order valence-corrected chi connectivity index (χ3v) is 4.05. The highest BCUT2D eigenvalue weighted by Gasteiger charge is 2.43. The zero-order chi connectivity index (χ0) is 15.2. The van der Waals surface area contributed by atoms with E-state index < -0.39 is 5.54 Å². The molecular formula is C16H30N2O2. The number of unbranched alkanes of at least 4 members (excludes halogenated alkanes) is 5. The number of hydrogen-bond donors (Lipinski definition) is 1. The van der Waals surface area contributed by atoms with Gasteiger partial charge in [0.05, 0.1) is 0 Å². The number of hydrogen-bond acceptors (Lipinski definition) is 2. The molecule has 116 valence electrons. The van der Waals surface area contributed by atoms with Crippen LogP contribution in [0.25, 0.3) is 0 Å². The molecule has 0 spiro atoms. The Labute approximate surface area is 123 Å². The lowest BCUT2D eigenvalue weighted by atomic mass is 9.95. The molecule has 4 nitrogen and oxygen atoms in total. The smallest absolute Gasteiger partial charge is 0.248 e. The number of nitrogens with one attached hydrogen (secondary N) is 1. The van der Waals surface area contributed by atoms with Gasteiger partial charge in [-0.2, -0.15) is 0 Å². The fourth-order valence-corrected chi connectivity index (χ4v) is 2.81. The molecule has 1 aliphatic heterocycles. The molecule has 0 aromatic heterocycles. The van der Waals surface area contributed by atoms with Gasteiger partial charge in [-0.15, -0.1) is 0 Å². The van der Waals surface area contributed by atoms with E-state index in [2.05, 4.69) is 12.2 Å². The van der Waals surface area contributed by atoms with Crippen LogP contribution in [0, 0.1) is 0 Å². The van der Waals surface area contributed by atoms with Gasteiger partial charge in [0.1, 0.15) is 11.6 Å². The van der Waals surface area contributed by atoms with Crippen LogP contribution in [0.5, 0.6) is 0 Å². The van der Waals surface area contributed by atoms with Gasteiger partial charge < -0.3 is 10.2 Å². The monoisotopic (exact) mass is 282 g/mol. The van der Waals surface area contributed by atoms with Crippen molar-refractivity contribution in [3.63, 3.8) is 0 Å². The average molecular weight is 282 g/mol. The predicted molar refractivity (Wildman–Crippen MR) is 81.4 cm³/mol. The molecule has 0 radical (unpaired) electrons. The van der Waals surface area contributed by atoms with Crippen LogP contribution in [0.4, 0.5) is 0 Å². The summed E-state index contributed by atoms with van der Waals surface area (Å²) in [4.78, 5) is 26.3. The molecule has 1 rings (SSSR count). The highest BCUT2D eigenvalue weighted by molar-refractivity contribution is 5.99. The fraction of sp³-hybridized carbons (Fsp3) is 0.875. The number of carbonyl (C=O) groups is 2. The van der Waals surface area contributed by atoms with Crippen LogP contribution in [0.3, 0.4) is 0 Å². The number of rotatable bonds is 8. The summed E-state index contributed by atoms with van der Waals surface area (Å²) in [6.07, 6.45) is 7.85. The maximum atomic E-state index is 12.4. The van der Waals surface area contributed by atoms with E-state index in [0.717, 1.165) is 12.8 Å². The van der Waals surface area contributed by atoms with E-state index in [1.165, 1.54) is 25.7 Å². The van der Waals surface area contributed by atoms with Crippen LogP contribution in [-0.4, -0.2) is 34.8 Å². The van der Waals surface area contributed by atoms with E-state index in [-0.39, 0.29) is 17.9 Å². The van der Waals surface area contributed by atoms with Gasteiger partial charge in [-0.1, -0.05) is 46.0 Å². The molecule has 1 saturated heterocycles. The van der Waals surface area contributed by atoms with E-state index in [4.69, 9.17) is 0 Å². The SMILES string of the molecule is CCCCCCCCN1C(=O)C(C)(C)NC(=O)C1CC. The lowest BCUT2D eigenvalue weighted by Crippen LogP contribution is -2.68. The third kappa shape index (κ3) is 4.22. The minimum Gasteiger partial charge on any atom is -0.340 e. The van der Waals surface area contributed by atoms with Crippen LogP contribution < -0.4 is 5.32 Å². The Kier molecular flexibility index (Phi) is 6.50. The minimum absolute atomic E-state index is 0.0110. The van der Waals surface area contributed by atoms with Gasteiger partial charge in [-0.3, -0.25) is 9.59 Å². The van der Waals surface area contributed by atoms with Crippen molar-refractivity contribution in [3.8, 4) is 0 Å². The van der Waals surface area contributed by atoms with Crippen LogP contribution in [-0.2, 0) is 9.59 Å². The van der Waals surface area contributed by atoms with Gasteiger partial charge in [0.15, 0.2) is 0 Å². The standard InChI is InChI=1S/C16H30N2O2/c1-5-7-8-9-10-11-12-18-13(6-2)14(19)17-16(3,4)15(18)20/h13H,5-12H2,1-4H3,(H,17,19). The minimum atomic E-state index is -0.759.